The van der Waals surface area contributed by atoms with Gasteiger partial charge in [0.2, 0.25) is 5.91 Å². The Morgan fingerprint density at radius 3 is 2.19 bits per heavy atom. The minimum Gasteiger partial charge on any atom is -0.497 e. The second-order valence-corrected chi connectivity index (χ2v) is 8.21. The number of nitrogens with one attached hydrogen (secondary N) is 3. The van der Waals surface area contributed by atoms with Crippen LogP contribution >= 0.6 is 0 Å². The maximum absolute atomic E-state index is 13.7. The lowest BCUT2D eigenvalue weighted by molar-refractivity contribution is -0.141. The van der Waals surface area contributed by atoms with E-state index in [9.17, 15) is 19.2 Å². The van der Waals surface area contributed by atoms with Gasteiger partial charge in [0, 0.05) is 5.69 Å². The van der Waals surface area contributed by atoms with Crippen LogP contribution in [0.5, 0.6) is 11.5 Å². The van der Waals surface area contributed by atoms with Gasteiger partial charge in [-0.25, -0.2) is 4.79 Å². The average molecular weight is 507 g/mol. The number of hydrogen-bond donors (Lipinski definition) is 3. The van der Waals surface area contributed by atoms with Gasteiger partial charge in [0.1, 0.15) is 29.3 Å². The Kier molecular flexibility index (Phi) is 7.72. The molecule has 1 aromatic heterocycles. The van der Waals surface area contributed by atoms with Crippen LogP contribution in [-0.2, 0) is 20.9 Å². The van der Waals surface area contributed by atoms with Crippen molar-refractivity contribution in [2.24, 2.45) is 0 Å². The van der Waals surface area contributed by atoms with Gasteiger partial charge in [0.25, 0.3) is 11.8 Å². The molecule has 11 nitrogen and oxygen atoms in total. The van der Waals surface area contributed by atoms with Gasteiger partial charge in [0.15, 0.2) is 0 Å². The van der Waals surface area contributed by atoms with Crippen LogP contribution in [0.2, 0.25) is 0 Å². The van der Waals surface area contributed by atoms with Gasteiger partial charge >= 0.3 is 6.03 Å². The Balaban J connectivity index is 1.69. The minimum atomic E-state index is -1.11. The zero-order valence-corrected chi connectivity index (χ0v) is 20.2. The number of carbonyl (C=O) groups excluding carboxylic acids is 4. The van der Waals surface area contributed by atoms with Crippen molar-refractivity contribution in [3.8, 4) is 11.5 Å². The molecule has 1 aliphatic heterocycles. The molecule has 192 valence electrons. The number of imide groups is 1. The van der Waals surface area contributed by atoms with E-state index in [0.29, 0.717) is 28.5 Å². The summed E-state index contributed by atoms with van der Waals surface area (Å²) in [5.41, 5.74) is 1.00. The van der Waals surface area contributed by atoms with Crippen LogP contribution in [0.25, 0.3) is 0 Å². The molecule has 2 aromatic carbocycles. The van der Waals surface area contributed by atoms with Crippen molar-refractivity contribution in [3.63, 3.8) is 0 Å². The van der Waals surface area contributed by atoms with Crippen molar-refractivity contribution in [2.75, 3.05) is 19.5 Å². The molecule has 2 atom stereocenters. The molecule has 0 radical (unpaired) electrons. The molecule has 1 saturated heterocycles. The number of ether oxygens (including phenoxy) is 2. The van der Waals surface area contributed by atoms with Gasteiger partial charge in [-0.1, -0.05) is 12.1 Å². The third kappa shape index (κ3) is 6.07. The molecular weight excluding hydrogens is 480 g/mol. The summed E-state index contributed by atoms with van der Waals surface area (Å²) in [5.74, 6) is -0.00729. The lowest BCUT2D eigenvalue weighted by Crippen LogP contribution is -2.44. The number of hydrogen-bond acceptors (Lipinski definition) is 7. The number of amides is 5. The lowest BCUT2D eigenvalue weighted by Gasteiger charge is -2.31. The fourth-order valence-electron chi connectivity index (χ4n) is 3.93. The molecular formula is C26H26N4O7. The van der Waals surface area contributed by atoms with E-state index >= 15 is 0 Å². The van der Waals surface area contributed by atoms with Crippen LogP contribution in [0.4, 0.5) is 10.5 Å². The fourth-order valence-corrected chi connectivity index (χ4v) is 3.93. The topological polar surface area (TPSA) is 139 Å². The first kappa shape index (κ1) is 25.3. The Morgan fingerprint density at radius 1 is 1.00 bits per heavy atom. The highest BCUT2D eigenvalue weighted by atomic mass is 16.5. The smallest absolute Gasteiger partial charge is 0.322 e. The van der Waals surface area contributed by atoms with Gasteiger partial charge in [-0.15, -0.1) is 0 Å². The zero-order valence-electron chi connectivity index (χ0n) is 20.2. The molecule has 4 rings (SSSR count). The molecule has 0 spiro atoms. The van der Waals surface area contributed by atoms with E-state index in [1.807, 2.05) is 0 Å². The second kappa shape index (κ2) is 11.3. The molecule has 3 N–H and O–H groups in total. The van der Waals surface area contributed by atoms with Crippen molar-refractivity contribution in [3.05, 3.63) is 78.3 Å². The molecule has 2 heterocycles. The summed E-state index contributed by atoms with van der Waals surface area (Å²) >= 11 is 0. The zero-order chi connectivity index (χ0) is 26.4. The molecule has 1 aliphatic rings. The van der Waals surface area contributed by atoms with Crippen molar-refractivity contribution < 1.29 is 33.1 Å². The van der Waals surface area contributed by atoms with Crippen LogP contribution in [-0.4, -0.2) is 48.9 Å². The average Bonchev–Trinajstić information content (AvgIpc) is 3.53. The first-order valence-corrected chi connectivity index (χ1v) is 11.4. The highest BCUT2D eigenvalue weighted by Crippen LogP contribution is 2.28. The van der Waals surface area contributed by atoms with Crippen molar-refractivity contribution in [1.82, 2.24) is 15.5 Å². The number of carbonyl (C=O) groups is 4. The Morgan fingerprint density at radius 2 is 1.65 bits per heavy atom. The Bertz CT molecular complexity index is 1260. The number of urea groups is 1. The first-order chi connectivity index (χ1) is 17.9. The first-order valence-electron chi connectivity index (χ1n) is 11.4. The summed E-state index contributed by atoms with van der Waals surface area (Å²) in [6.45, 7) is -0.0547. The quantitative estimate of drug-likeness (QED) is 0.359. The van der Waals surface area contributed by atoms with E-state index in [-0.39, 0.29) is 13.0 Å². The summed E-state index contributed by atoms with van der Waals surface area (Å²) in [5, 5.41) is 7.38. The number of anilines is 1. The van der Waals surface area contributed by atoms with Gasteiger partial charge in [0.05, 0.1) is 33.4 Å². The minimum absolute atomic E-state index is 0.0547. The molecule has 37 heavy (non-hydrogen) atoms. The largest absolute Gasteiger partial charge is 0.497 e. The molecule has 1 fully saturated rings. The van der Waals surface area contributed by atoms with Gasteiger partial charge in [-0.05, 0) is 54.1 Å². The molecule has 3 aromatic rings. The summed E-state index contributed by atoms with van der Waals surface area (Å²) in [6, 6.07) is 14.0. The number of methoxy groups -OCH3 is 2. The summed E-state index contributed by atoms with van der Waals surface area (Å²) < 4.78 is 15.9. The van der Waals surface area contributed by atoms with Gasteiger partial charge in [-0.3, -0.25) is 19.7 Å². The summed E-state index contributed by atoms with van der Waals surface area (Å²) in [7, 11) is 3.06. The number of furan rings is 1. The fraction of sp³-hybridized carbons (Fsp3) is 0.231. The predicted molar refractivity (Wildman–Crippen MR) is 132 cm³/mol. The van der Waals surface area contributed by atoms with Crippen LogP contribution in [0.3, 0.4) is 0 Å². The van der Waals surface area contributed by atoms with Crippen LogP contribution < -0.4 is 25.4 Å². The molecule has 11 heteroatoms. The van der Waals surface area contributed by atoms with E-state index in [0.717, 1.165) is 0 Å². The SMILES string of the molecule is COc1ccc(NC(=O)[C@H](c2ccc(OC)cc2)N(Cc2ccco2)C(=O)C[C@@H]2NC(=O)NC2=O)cc1. The van der Waals surface area contributed by atoms with Crippen molar-refractivity contribution in [2.45, 2.75) is 25.0 Å². The van der Waals surface area contributed by atoms with E-state index < -0.39 is 35.8 Å². The molecule has 0 aliphatic carbocycles. The molecule has 5 amide bonds. The number of benzene rings is 2. The molecule has 0 unspecified atom stereocenters. The third-order valence-electron chi connectivity index (χ3n) is 5.81. The van der Waals surface area contributed by atoms with Crippen LogP contribution in [0.15, 0.2) is 71.3 Å². The Hall–Kier alpha value is -4.80. The van der Waals surface area contributed by atoms with Crippen LogP contribution in [0, 0.1) is 0 Å². The molecule has 0 bridgehead atoms. The lowest BCUT2D eigenvalue weighted by atomic mass is 10.0. The summed E-state index contributed by atoms with van der Waals surface area (Å²) in [4.78, 5) is 52.3. The van der Waals surface area contributed by atoms with Gasteiger partial charge < -0.3 is 29.4 Å². The van der Waals surface area contributed by atoms with E-state index in [4.69, 9.17) is 13.9 Å². The predicted octanol–water partition coefficient (Wildman–Crippen LogP) is 2.60. The maximum atomic E-state index is 13.7. The number of nitrogens with zero attached hydrogens (tertiary/aromatic N) is 1. The highest BCUT2D eigenvalue weighted by molar-refractivity contribution is 6.06. The van der Waals surface area contributed by atoms with Gasteiger partial charge in [-0.2, -0.15) is 0 Å². The summed E-state index contributed by atoms with van der Waals surface area (Å²) in [6.07, 6.45) is 1.11. The van der Waals surface area contributed by atoms with Crippen LogP contribution in [0.1, 0.15) is 23.8 Å². The maximum Gasteiger partial charge on any atom is 0.322 e. The standard InChI is InChI=1S/C26H26N4O7/c1-35-18-9-5-16(6-10-18)23(25(33)27-17-7-11-19(36-2)12-8-17)30(15-20-4-3-13-37-20)22(31)14-21-24(32)29-26(34)28-21/h3-13,21,23H,14-15H2,1-2H3,(H,27,33)(H2,28,29,32,34)/t21-,23-/m0/s1. The normalized spacial score (nSPS) is 15.4. The van der Waals surface area contributed by atoms with E-state index in [1.165, 1.54) is 18.3 Å². The molecule has 0 saturated carbocycles. The van der Waals surface area contributed by atoms with E-state index in [1.54, 1.807) is 67.8 Å². The third-order valence-corrected chi connectivity index (χ3v) is 5.81. The number of rotatable bonds is 10. The Labute approximate surface area is 212 Å². The van der Waals surface area contributed by atoms with Crippen molar-refractivity contribution in [1.29, 1.82) is 0 Å². The highest BCUT2D eigenvalue weighted by Gasteiger charge is 2.37. The second-order valence-electron chi connectivity index (χ2n) is 8.21. The van der Waals surface area contributed by atoms with Crippen molar-refractivity contribution >= 4 is 29.4 Å². The van der Waals surface area contributed by atoms with E-state index in [2.05, 4.69) is 16.0 Å². The monoisotopic (exact) mass is 506 g/mol.